The van der Waals surface area contributed by atoms with Crippen molar-refractivity contribution in [2.45, 2.75) is 52.3 Å². The van der Waals surface area contributed by atoms with Gasteiger partial charge < -0.3 is 23.7 Å². The number of esters is 4. The highest BCUT2D eigenvalue weighted by Crippen LogP contribution is 2.25. The van der Waals surface area contributed by atoms with E-state index >= 15 is 0 Å². The second-order valence-electron chi connectivity index (χ2n) is 4.61. The summed E-state index contributed by atoms with van der Waals surface area (Å²) in [6.07, 6.45) is -4.65. The van der Waals surface area contributed by atoms with Gasteiger partial charge in [0.05, 0.1) is 6.61 Å². The van der Waals surface area contributed by atoms with E-state index in [4.69, 9.17) is 23.7 Å². The number of carbonyl (C=O) groups is 4. The van der Waals surface area contributed by atoms with E-state index in [1.807, 2.05) is 0 Å². The van der Waals surface area contributed by atoms with Crippen molar-refractivity contribution < 1.29 is 42.9 Å². The standard InChI is InChI=1S/C13H18O9/c1-6(14)19-10-5-18-13(22-9(4)17)12(21-8(3)16)11(10)20-7(2)15/h10-13H,5H2,1-4H3/t10-,11+,12?,13-/m1/s1. The van der Waals surface area contributed by atoms with Crippen LogP contribution in [0.15, 0.2) is 0 Å². The molecule has 1 saturated heterocycles. The van der Waals surface area contributed by atoms with Crippen LogP contribution in [0.3, 0.4) is 0 Å². The summed E-state index contributed by atoms with van der Waals surface area (Å²) >= 11 is 0. The van der Waals surface area contributed by atoms with Crippen molar-refractivity contribution in [3.05, 3.63) is 0 Å². The second kappa shape index (κ2) is 7.74. The van der Waals surface area contributed by atoms with Gasteiger partial charge in [-0.25, -0.2) is 0 Å². The molecule has 0 N–H and O–H groups in total. The predicted octanol–water partition coefficient (Wildman–Crippen LogP) is -0.299. The van der Waals surface area contributed by atoms with Crippen LogP contribution in [0.2, 0.25) is 0 Å². The van der Waals surface area contributed by atoms with Gasteiger partial charge in [-0.05, 0) is 0 Å². The predicted molar refractivity (Wildman–Crippen MR) is 68.2 cm³/mol. The quantitative estimate of drug-likeness (QED) is 0.509. The summed E-state index contributed by atoms with van der Waals surface area (Å²) in [4.78, 5) is 44.7. The highest BCUT2D eigenvalue weighted by molar-refractivity contribution is 5.69. The number of rotatable bonds is 4. The summed E-state index contributed by atoms with van der Waals surface area (Å²) in [6.45, 7) is 4.40. The minimum absolute atomic E-state index is 0.187. The SMILES string of the molecule is CC(=O)OC1[C@@H](OC(C)=O)OC[C@@H](OC(C)=O)[C@@H]1OC(C)=O. The molecule has 124 valence electrons. The maximum absolute atomic E-state index is 11.3. The highest BCUT2D eigenvalue weighted by atomic mass is 16.7. The molecule has 9 heteroatoms. The van der Waals surface area contributed by atoms with Gasteiger partial charge in [-0.2, -0.15) is 0 Å². The minimum atomic E-state index is -1.27. The summed E-state index contributed by atoms with van der Waals surface area (Å²) in [5.74, 6) is -2.68. The van der Waals surface area contributed by atoms with Crippen molar-refractivity contribution in [2.75, 3.05) is 6.61 Å². The average Bonchev–Trinajstić information content (AvgIpc) is 2.34. The van der Waals surface area contributed by atoms with E-state index in [-0.39, 0.29) is 6.61 Å². The fraction of sp³-hybridized carbons (Fsp3) is 0.692. The number of carbonyl (C=O) groups excluding carboxylic acids is 4. The second-order valence-corrected chi connectivity index (χ2v) is 4.61. The summed E-state index contributed by atoms with van der Waals surface area (Å²) in [5, 5.41) is 0. The third-order valence-corrected chi connectivity index (χ3v) is 2.59. The molecule has 1 aliphatic heterocycles. The first-order valence-electron chi connectivity index (χ1n) is 6.51. The van der Waals surface area contributed by atoms with Gasteiger partial charge in [0, 0.05) is 27.7 Å². The molecule has 0 aromatic rings. The molecule has 22 heavy (non-hydrogen) atoms. The van der Waals surface area contributed by atoms with Crippen molar-refractivity contribution in [3.8, 4) is 0 Å². The van der Waals surface area contributed by atoms with E-state index in [1.54, 1.807) is 0 Å². The smallest absolute Gasteiger partial charge is 0.305 e. The number of ether oxygens (including phenoxy) is 5. The van der Waals surface area contributed by atoms with Crippen LogP contribution in [0.25, 0.3) is 0 Å². The van der Waals surface area contributed by atoms with Crippen molar-refractivity contribution in [3.63, 3.8) is 0 Å². The van der Waals surface area contributed by atoms with Crippen LogP contribution in [0.4, 0.5) is 0 Å². The molecule has 1 unspecified atom stereocenters. The summed E-state index contributed by atoms with van der Waals surface area (Å²) in [5.41, 5.74) is 0. The van der Waals surface area contributed by atoms with Gasteiger partial charge in [-0.15, -0.1) is 0 Å². The molecule has 1 rings (SSSR count). The number of hydrogen-bond acceptors (Lipinski definition) is 9. The van der Waals surface area contributed by atoms with Crippen molar-refractivity contribution in [2.24, 2.45) is 0 Å². The molecule has 1 heterocycles. The van der Waals surface area contributed by atoms with Crippen LogP contribution in [0.1, 0.15) is 27.7 Å². The summed E-state index contributed by atoms with van der Waals surface area (Å²) in [7, 11) is 0. The van der Waals surface area contributed by atoms with Gasteiger partial charge in [-0.3, -0.25) is 19.2 Å². The van der Waals surface area contributed by atoms with E-state index in [2.05, 4.69) is 0 Å². The van der Waals surface area contributed by atoms with Crippen LogP contribution >= 0.6 is 0 Å². The monoisotopic (exact) mass is 318 g/mol. The fourth-order valence-corrected chi connectivity index (χ4v) is 1.97. The first-order chi connectivity index (χ1) is 10.2. The fourth-order valence-electron chi connectivity index (χ4n) is 1.97. The number of hydrogen-bond donors (Lipinski definition) is 0. The van der Waals surface area contributed by atoms with Crippen LogP contribution in [-0.2, 0) is 42.9 Å². The Morgan fingerprint density at radius 1 is 0.727 bits per heavy atom. The zero-order valence-corrected chi connectivity index (χ0v) is 12.7. The Morgan fingerprint density at radius 3 is 1.64 bits per heavy atom. The van der Waals surface area contributed by atoms with E-state index in [1.165, 1.54) is 6.92 Å². The normalized spacial score (nSPS) is 27.5. The van der Waals surface area contributed by atoms with Gasteiger partial charge in [0.1, 0.15) is 0 Å². The lowest BCUT2D eigenvalue weighted by Gasteiger charge is -2.39. The summed E-state index contributed by atoms with van der Waals surface area (Å²) < 4.78 is 25.2. The van der Waals surface area contributed by atoms with Crippen LogP contribution in [-0.4, -0.2) is 55.1 Å². The van der Waals surface area contributed by atoms with E-state index in [9.17, 15) is 19.2 Å². The average molecular weight is 318 g/mol. The molecular formula is C13H18O9. The van der Waals surface area contributed by atoms with E-state index < -0.39 is 48.5 Å². The molecule has 0 aliphatic carbocycles. The summed E-state index contributed by atoms with van der Waals surface area (Å²) in [6, 6.07) is 0. The molecule has 0 spiro atoms. The maximum Gasteiger partial charge on any atom is 0.305 e. The van der Waals surface area contributed by atoms with Crippen molar-refractivity contribution >= 4 is 23.9 Å². The third kappa shape index (κ3) is 5.32. The molecule has 1 aliphatic rings. The molecule has 1 fully saturated rings. The van der Waals surface area contributed by atoms with Gasteiger partial charge in [-0.1, -0.05) is 0 Å². The van der Waals surface area contributed by atoms with E-state index in [0.29, 0.717) is 0 Å². The van der Waals surface area contributed by atoms with Gasteiger partial charge in [0.15, 0.2) is 12.2 Å². The molecule has 9 nitrogen and oxygen atoms in total. The molecule has 4 atom stereocenters. The van der Waals surface area contributed by atoms with E-state index in [0.717, 1.165) is 20.8 Å². The van der Waals surface area contributed by atoms with Crippen LogP contribution in [0, 0.1) is 0 Å². The van der Waals surface area contributed by atoms with Crippen molar-refractivity contribution in [1.29, 1.82) is 0 Å². The molecule has 0 bridgehead atoms. The van der Waals surface area contributed by atoms with Gasteiger partial charge in [0.2, 0.25) is 12.4 Å². The first kappa shape index (κ1) is 17.9. The van der Waals surface area contributed by atoms with Crippen LogP contribution < -0.4 is 0 Å². The van der Waals surface area contributed by atoms with Crippen LogP contribution in [0.5, 0.6) is 0 Å². The Bertz CT molecular complexity index is 416. The lowest BCUT2D eigenvalue weighted by molar-refractivity contribution is -0.273. The lowest BCUT2D eigenvalue weighted by Crippen LogP contribution is -2.58. The largest absolute Gasteiger partial charge is 0.456 e. The topological polar surface area (TPSA) is 114 Å². The molecule has 0 amide bonds. The molecule has 0 aromatic heterocycles. The Kier molecular flexibility index (Phi) is 6.29. The Morgan fingerprint density at radius 2 is 1.18 bits per heavy atom. The molecule has 0 radical (unpaired) electrons. The zero-order chi connectivity index (χ0) is 16.9. The lowest BCUT2D eigenvalue weighted by atomic mass is 10.0. The molecule has 0 saturated carbocycles. The highest BCUT2D eigenvalue weighted by Gasteiger charge is 2.48. The Balaban J connectivity index is 3.03. The molecule has 0 aromatic carbocycles. The first-order valence-corrected chi connectivity index (χ1v) is 6.51. The molecular weight excluding hydrogens is 300 g/mol. The maximum atomic E-state index is 11.3. The minimum Gasteiger partial charge on any atom is -0.456 e. The van der Waals surface area contributed by atoms with Gasteiger partial charge >= 0.3 is 23.9 Å². The Labute approximate surface area is 126 Å². The zero-order valence-electron chi connectivity index (χ0n) is 12.7. The Hall–Kier alpha value is -2.16. The van der Waals surface area contributed by atoms with Gasteiger partial charge in [0.25, 0.3) is 0 Å². The third-order valence-electron chi connectivity index (χ3n) is 2.59. The van der Waals surface area contributed by atoms with Crippen molar-refractivity contribution in [1.82, 2.24) is 0 Å².